The second-order valence-corrected chi connectivity index (χ2v) is 10.6. The molecule has 0 N–H and O–H groups in total. The van der Waals surface area contributed by atoms with Gasteiger partial charge in [-0.3, -0.25) is 4.79 Å². The van der Waals surface area contributed by atoms with Crippen LogP contribution < -0.4 is 9.47 Å². The number of esters is 2. The molecular formula is C34H43NO8. The van der Waals surface area contributed by atoms with Gasteiger partial charge in [0, 0.05) is 32.4 Å². The molecule has 2 aromatic carbocycles. The number of carbonyl (C=O) groups is 2. The van der Waals surface area contributed by atoms with Crippen LogP contribution in [0.15, 0.2) is 66.5 Å². The Kier molecular flexibility index (Phi) is 12.1. The number of nitrogens with zero attached hydrogens (tertiary/aromatic N) is 1. The van der Waals surface area contributed by atoms with E-state index in [0.29, 0.717) is 31.3 Å². The maximum atomic E-state index is 13.7. The summed E-state index contributed by atoms with van der Waals surface area (Å²) < 4.78 is 34.5. The molecule has 0 aliphatic carbocycles. The van der Waals surface area contributed by atoms with Crippen LogP contribution in [0.4, 0.5) is 0 Å². The normalized spacial score (nSPS) is 18.0. The van der Waals surface area contributed by atoms with E-state index in [4.69, 9.17) is 28.4 Å². The molecule has 2 aliphatic rings. The first-order valence-corrected chi connectivity index (χ1v) is 14.9. The molecule has 43 heavy (non-hydrogen) atoms. The summed E-state index contributed by atoms with van der Waals surface area (Å²) in [5.74, 6) is 0.462. The van der Waals surface area contributed by atoms with Crippen LogP contribution in [0, 0.1) is 0 Å². The number of methoxy groups -OCH3 is 1. The molecule has 0 spiro atoms. The third-order valence-corrected chi connectivity index (χ3v) is 7.55. The lowest BCUT2D eigenvalue weighted by atomic mass is 9.87. The maximum Gasteiger partial charge on any atom is 0.348 e. The van der Waals surface area contributed by atoms with Gasteiger partial charge in [-0.1, -0.05) is 49.4 Å². The Bertz CT molecular complexity index is 1270. The van der Waals surface area contributed by atoms with Gasteiger partial charge in [-0.05, 0) is 61.2 Å². The van der Waals surface area contributed by atoms with E-state index in [-0.39, 0.29) is 19.1 Å². The Balaban J connectivity index is 1.53. The van der Waals surface area contributed by atoms with Crippen molar-refractivity contribution in [3.8, 4) is 11.5 Å². The maximum absolute atomic E-state index is 13.7. The molecule has 0 aromatic heterocycles. The van der Waals surface area contributed by atoms with Crippen LogP contribution in [-0.4, -0.2) is 69.2 Å². The van der Waals surface area contributed by atoms with Gasteiger partial charge in [0.2, 0.25) is 12.9 Å². The Hall–Kier alpha value is -3.82. The van der Waals surface area contributed by atoms with E-state index in [1.165, 1.54) is 6.92 Å². The van der Waals surface area contributed by atoms with Crippen molar-refractivity contribution in [3.05, 3.63) is 83.1 Å². The van der Waals surface area contributed by atoms with E-state index < -0.39 is 24.1 Å². The summed E-state index contributed by atoms with van der Waals surface area (Å²) in [4.78, 5) is 28.0. The van der Waals surface area contributed by atoms with Crippen molar-refractivity contribution in [2.24, 2.45) is 0 Å². The molecule has 232 valence electrons. The summed E-state index contributed by atoms with van der Waals surface area (Å²) in [6.45, 7) is 8.71. The number of benzene rings is 2. The van der Waals surface area contributed by atoms with E-state index in [0.717, 1.165) is 48.4 Å². The summed E-state index contributed by atoms with van der Waals surface area (Å²) in [7, 11) is 1.57. The summed E-state index contributed by atoms with van der Waals surface area (Å²) in [6, 6.07) is 13.9. The summed E-state index contributed by atoms with van der Waals surface area (Å²) in [6.07, 6.45) is 5.49. The minimum atomic E-state index is -1.12. The van der Waals surface area contributed by atoms with Crippen LogP contribution in [0.3, 0.4) is 0 Å². The molecular weight excluding hydrogens is 550 g/mol. The lowest BCUT2D eigenvalue weighted by Gasteiger charge is -2.32. The monoisotopic (exact) mass is 593 g/mol. The number of fused-ring (bicyclic) bond motifs is 2. The minimum absolute atomic E-state index is 0.153. The molecule has 0 amide bonds. The van der Waals surface area contributed by atoms with E-state index >= 15 is 0 Å². The predicted molar refractivity (Wildman–Crippen MR) is 162 cm³/mol. The van der Waals surface area contributed by atoms with Crippen LogP contribution in [-0.2, 0) is 41.6 Å². The minimum Gasteiger partial charge on any atom is -0.497 e. The molecule has 2 aliphatic heterocycles. The first kappa shape index (κ1) is 32.1. The zero-order valence-corrected chi connectivity index (χ0v) is 25.6. The van der Waals surface area contributed by atoms with Crippen LogP contribution in [0.2, 0.25) is 0 Å². The average Bonchev–Trinajstić information content (AvgIpc) is 3.39. The first-order chi connectivity index (χ1) is 20.9. The third kappa shape index (κ3) is 8.84. The number of hydrogen-bond acceptors (Lipinski definition) is 9. The number of ether oxygens (including phenoxy) is 6. The Morgan fingerprint density at radius 3 is 2.56 bits per heavy atom. The summed E-state index contributed by atoms with van der Waals surface area (Å²) in [5, 5.41) is 0. The number of hydrogen-bond donors (Lipinski definition) is 0. The fourth-order valence-electron chi connectivity index (χ4n) is 5.52. The predicted octanol–water partition coefficient (Wildman–Crippen LogP) is 5.32. The molecule has 9 nitrogen and oxygen atoms in total. The fraction of sp³-hybridized carbons (Fsp3) is 0.471. The average molecular weight is 594 g/mol. The second-order valence-electron chi connectivity index (χ2n) is 10.6. The van der Waals surface area contributed by atoms with Gasteiger partial charge in [-0.2, -0.15) is 0 Å². The van der Waals surface area contributed by atoms with Gasteiger partial charge < -0.3 is 33.3 Å². The number of carbonyl (C=O) groups excluding carboxylic acids is 2. The molecule has 0 fully saturated rings. The van der Waals surface area contributed by atoms with Crippen molar-refractivity contribution in [2.75, 3.05) is 40.1 Å². The standard InChI is InChI=1S/C34H43NO8/c1-5-16-35-17-15-26-19-31-32(41-23-40-31)20-27(26)28(21-35)33(29(6-2)38-4)43-34(37)30(42-24(3)36)14-10-11-18-39-22-25-12-8-7-9-13-25/h6-13,19-20,28,30,33H,5,14-18,21-23H2,1-4H3/b11-10+,29-6+. The summed E-state index contributed by atoms with van der Waals surface area (Å²) in [5.41, 5.74) is 3.22. The van der Waals surface area contributed by atoms with Gasteiger partial charge in [0.25, 0.3) is 0 Å². The van der Waals surface area contributed by atoms with E-state index in [1.807, 2.05) is 61.5 Å². The van der Waals surface area contributed by atoms with Gasteiger partial charge in [-0.25, -0.2) is 4.79 Å². The highest BCUT2D eigenvalue weighted by Gasteiger charge is 2.38. The molecule has 2 heterocycles. The molecule has 0 bridgehead atoms. The van der Waals surface area contributed by atoms with E-state index in [1.54, 1.807) is 13.2 Å². The molecule has 2 aromatic rings. The van der Waals surface area contributed by atoms with Crippen LogP contribution in [0.25, 0.3) is 0 Å². The van der Waals surface area contributed by atoms with Crippen LogP contribution in [0.5, 0.6) is 11.5 Å². The van der Waals surface area contributed by atoms with Crippen molar-refractivity contribution >= 4 is 11.9 Å². The lowest BCUT2D eigenvalue weighted by molar-refractivity contribution is -0.171. The van der Waals surface area contributed by atoms with Crippen molar-refractivity contribution < 1.29 is 38.0 Å². The Morgan fingerprint density at radius 2 is 1.86 bits per heavy atom. The molecule has 0 radical (unpaired) electrons. The third-order valence-electron chi connectivity index (χ3n) is 7.55. The Morgan fingerprint density at radius 1 is 1.09 bits per heavy atom. The second kappa shape index (κ2) is 16.1. The first-order valence-electron chi connectivity index (χ1n) is 14.9. The van der Waals surface area contributed by atoms with E-state index in [9.17, 15) is 9.59 Å². The summed E-state index contributed by atoms with van der Waals surface area (Å²) >= 11 is 0. The van der Waals surface area contributed by atoms with E-state index in [2.05, 4.69) is 11.8 Å². The highest BCUT2D eigenvalue weighted by molar-refractivity contribution is 5.79. The van der Waals surface area contributed by atoms with Gasteiger partial charge >= 0.3 is 11.9 Å². The quantitative estimate of drug-likeness (QED) is 0.125. The topological polar surface area (TPSA) is 92.8 Å². The fourth-order valence-corrected chi connectivity index (χ4v) is 5.52. The van der Waals surface area contributed by atoms with Crippen molar-refractivity contribution in [3.63, 3.8) is 0 Å². The zero-order valence-electron chi connectivity index (χ0n) is 25.6. The SMILES string of the molecule is C/C=C(/OC)C(OC(=O)C(C/C=C/COCc1ccccc1)OC(C)=O)C1CN(CCC)CCc2cc3c(cc21)OCO3. The van der Waals surface area contributed by atoms with Crippen molar-refractivity contribution in [1.29, 1.82) is 0 Å². The van der Waals surface area contributed by atoms with Gasteiger partial charge in [0.1, 0.15) is 5.76 Å². The van der Waals surface area contributed by atoms with Crippen LogP contribution in [0.1, 0.15) is 56.2 Å². The molecule has 4 rings (SSSR count). The zero-order chi connectivity index (χ0) is 30.6. The van der Waals surface area contributed by atoms with Crippen molar-refractivity contribution in [1.82, 2.24) is 4.90 Å². The molecule has 0 saturated carbocycles. The Labute approximate surface area is 254 Å². The highest BCUT2D eigenvalue weighted by Crippen LogP contribution is 2.41. The van der Waals surface area contributed by atoms with Crippen LogP contribution >= 0.6 is 0 Å². The van der Waals surface area contributed by atoms with Gasteiger partial charge in [-0.15, -0.1) is 0 Å². The molecule has 3 unspecified atom stereocenters. The molecule has 0 saturated heterocycles. The largest absolute Gasteiger partial charge is 0.497 e. The molecule has 9 heteroatoms. The van der Waals surface area contributed by atoms with Gasteiger partial charge in [0.15, 0.2) is 17.6 Å². The highest BCUT2D eigenvalue weighted by atomic mass is 16.7. The lowest BCUT2D eigenvalue weighted by Crippen LogP contribution is -2.39. The number of allylic oxidation sites excluding steroid dienone is 1. The van der Waals surface area contributed by atoms with Crippen molar-refractivity contribution in [2.45, 2.75) is 64.8 Å². The van der Waals surface area contributed by atoms with Gasteiger partial charge in [0.05, 0.1) is 20.3 Å². The molecule has 3 atom stereocenters. The number of rotatable bonds is 14. The smallest absolute Gasteiger partial charge is 0.348 e.